The van der Waals surface area contributed by atoms with Crippen LogP contribution >= 0.6 is 11.6 Å². The van der Waals surface area contributed by atoms with Crippen LogP contribution in [0.1, 0.15) is 43.5 Å². The molecule has 1 saturated heterocycles. The molecule has 2 N–H and O–H groups in total. The SMILES string of the molecule is CC(C)C(=O)Nc1ccc2c(c1)C(=O)N(C)[C@H]1CC[C@H](CC(=O)Nc3ccc(Cl)cc3)O[C@@H]1CO2. The fourth-order valence-electron chi connectivity index (χ4n) is 4.34. The van der Waals surface area contributed by atoms with Crippen molar-refractivity contribution in [3.05, 3.63) is 53.1 Å². The first-order valence-electron chi connectivity index (χ1n) is 11.8. The summed E-state index contributed by atoms with van der Waals surface area (Å²) in [4.78, 5) is 39.6. The molecule has 0 spiro atoms. The maximum absolute atomic E-state index is 13.3. The molecule has 1 fully saturated rings. The molecule has 35 heavy (non-hydrogen) atoms. The second kappa shape index (κ2) is 10.7. The molecule has 0 bridgehead atoms. The van der Waals surface area contributed by atoms with Crippen LogP contribution in [0.2, 0.25) is 5.02 Å². The Bertz CT molecular complexity index is 1100. The molecule has 0 aliphatic carbocycles. The standard InChI is InChI=1S/C26H30ClN3O5/c1-15(2)25(32)29-18-8-11-22-20(12-18)26(33)30(3)21-10-9-19(35-23(21)14-34-22)13-24(31)28-17-6-4-16(27)5-7-17/h4-8,11-12,15,19,21,23H,9-10,13-14H2,1-3H3,(H,28,31)(H,29,32)/t19-,21+,23-/m1/s1. The Balaban J connectivity index is 1.42. The molecule has 2 aliphatic rings. The van der Waals surface area contributed by atoms with Gasteiger partial charge in [0.1, 0.15) is 18.5 Å². The van der Waals surface area contributed by atoms with E-state index in [0.717, 1.165) is 0 Å². The number of fused-ring (bicyclic) bond motifs is 2. The maximum atomic E-state index is 13.3. The summed E-state index contributed by atoms with van der Waals surface area (Å²) in [5, 5.41) is 6.29. The summed E-state index contributed by atoms with van der Waals surface area (Å²) in [5.74, 6) is -0.197. The van der Waals surface area contributed by atoms with Crippen molar-refractivity contribution >= 4 is 40.7 Å². The van der Waals surface area contributed by atoms with Gasteiger partial charge >= 0.3 is 0 Å². The van der Waals surface area contributed by atoms with E-state index in [4.69, 9.17) is 21.1 Å². The highest BCUT2D eigenvalue weighted by Gasteiger charge is 2.39. The minimum absolute atomic E-state index is 0.121. The van der Waals surface area contributed by atoms with Crippen LogP contribution in [-0.2, 0) is 14.3 Å². The summed E-state index contributed by atoms with van der Waals surface area (Å²) in [7, 11) is 1.76. The van der Waals surface area contributed by atoms with Crippen molar-refractivity contribution in [2.75, 3.05) is 24.3 Å². The number of halogens is 1. The second-order valence-corrected chi connectivity index (χ2v) is 9.72. The van der Waals surface area contributed by atoms with Gasteiger partial charge in [-0.2, -0.15) is 0 Å². The molecule has 9 heteroatoms. The molecule has 0 aromatic heterocycles. The molecule has 2 aromatic rings. The third-order valence-corrected chi connectivity index (χ3v) is 6.60. The summed E-state index contributed by atoms with van der Waals surface area (Å²) in [6, 6.07) is 11.8. The molecule has 4 rings (SSSR count). The van der Waals surface area contributed by atoms with Crippen LogP contribution in [0.5, 0.6) is 5.75 Å². The van der Waals surface area contributed by atoms with Crippen molar-refractivity contribution in [2.24, 2.45) is 5.92 Å². The molecule has 0 radical (unpaired) electrons. The molecular weight excluding hydrogens is 470 g/mol. The van der Waals surface area contributed by atoms with E-state index >= 15 is 0 Å². The molecule has 0 saturated carbocycles. The topological polar surface area (TPSA) is 97.0 Å². The summed E-state index contributed by atoms with van der Waals surface area (Å²) in [5.41, 5.74) is 1.63. The number of anilines is 2. The van der Waals surface area contributed by atoms with E-state index in [1.807, 2.05) is 13.8 Å². The minimum Gasteiger partial charge on any atom is -0.490 e. The monoisotopic (exact) mass is 499 g/mol. The number of nitrogens with zero attached hydrogens (tertiary/aromatic N) is 1. The van der Waals surface area contributed by atoms with E-state index in [9.17, 15) is 14.4 Å². The summed E-state index contributed by atoms with van der Waals surface area (Å²) in [6.45, 7) is 3.87. The van der Waals surface area contributed by atoms with E-state index in [1.165, 1.54) is 0 Å². The Kier molecular flexibility index (Phi) is 7.62. The van der Waals surface area contributed by atoms with E-state index < -0.39 is 0 Å². The molecule has 8 nitrogen and oxygen atoms in total. The Labute approximate surface area is 209 Å². The highest BCUT2D eigenvalue weighted by atomic mass is 35.5. The maximum Gasteiger partial charge on any atom is 0.257 e. The Hall–Kier alpha value is -3.10. The largest absolute Gasteiger partial charge is 0.490 e. The normalized spacial score (nSPS) is 21.8. The Morgan fingerprint density at radius 1 is 1.09 bits per heavy atom. The third-order valence-electron chi connectivity index (χ3n) is 6.34. The van der Waals surface area contributed by atoms with Crippen molar-refractivity contribution < 1.29 is 23.9 Å². The zero-order valence-electron chi connectivity index (χ0n) is 20.0. The van der Waals surface area contributed by atoms with Crippen molar-refractivity contribution in [1.29, 1.82) is 0 Å². The first-order chi connectivity index (χ1) is 16.7. The molecule has 0 unspecified atom stereocenters. The van der Waals surface area contributed by atoms with Gasteiger partial charge in [-0.25, -0.2) is 0 Å². The predicted octanol–water partition coefficient (Wildman–Crippen LogP) is 4.34. The number of carbonyl (C=O) groups is 3. The summed E-state index contributed by atoms with van der Waals surface area (Å²) in [6.07, 6.45) is 0.903. The number of rotatable bonds is 5. The van der Waals surface area contributed by atoms with Crippen molar-refractivity contribution in [3.8, 4) is 5.75 Å². The molecule has 2 aliphatic heterocycles. The van der Waals surface area contributed by atoms with Gasteiger partial charge in [0.25, 0.3) is 5.91 Å². The van der Waals surface area contributed by atoms with E-state index in [1.54, 1.807) is 54.4 Å². The molecule has 186 valence electrons. The summed E-state index contributed by atoms with van der Waals surface area (Å²) >= 11 is 5.90. The van der Waals surface area contributed by atoms with E-state index in [2.05, 4.69) is 10.6 Å². The van der Waals surface area contributed by atoms with Crippen LogP contribution in [0.4, 0.5) is 11.4 Å². The Morgan fingerprint density at radius 3 is 2.51 bits per heavy atom. The van der Waals surface area contributed by atoms with Crippen LogP contribution in [-0.4, -0.2) is 54.5 Å². The van der Waals surface area contributed by atoms with Crippen LogP contribution in [0.25, 0.3) is 0 Å². The third kappa shape index (κ3) is 5.94. The number of ether oxygens (including phenoxy) is 2. The van der Waals surface area contributed by atoms with Gasteiger partial charge in [0, 0.05) is 29.4 Å². The number of amides is 3. The van der Waals surface area contributed by atoms with E-state index in [0.29, 0.717) is 40.6 Å². The highest BCUT2D eigenvalue weighted by Crippen LogP contribution is 2.32. The molecule has 3 atom stereocenters. The second-order valence-electron chi connectivity index (χ2n) is 9.28. The highest BCUT2D eigenvalue weighted by molar-refractivity contribution is 6.30. The molecular formula is C26H30ClN3O5. The number of benzene rings is 2. The quantitative estimate of drug-likeness (QED) is 0.637. The lowest BCUT2D eigenvalue weighted by atomic mass is 9.94. The summed E-state index contributed by atoms with van der Waals surface area (Å²) < 4.78 is 12.2. The van der Waals surface area contributed by atoms with Crippen molar-refractivity contribution in [1.82, 2.24) is 4.90 Å². The van der Waals surface area contributed by atoms with Gasteiger partial charge in [0.05, 0.1) is 24.1 Å². The van der Waals surface area contributed by atoms with Crippen LogP contribution in [0.15, 0.2) is 42.5 Å². The first-order valence-corrected chi connectivity index (χ1v) is 12.1. The minimum atomic E-state index is -0.362. The number of nitrogens with one attached hydrogen (secondary N) is 2. The zero-order chi connectivity index (χ0) is 25.1. The van der Waals surface area contributed by atoms with Crippen molar-refractivity contribution in [2.45, 2.75) is 51.4 Å². The van der Waals surface area contributed by atoms with Gasteiger partial charge < -0.3 is 25.0 Å². The Morgan fingerprint density at radius 2 is 1.80 bits per heavy atom. The van der Waals surface area contributed by atoms with Crippen LogP contribution in [0, 0.1) is 5.92 Å². The smallest absolute Gasteiger partial charge is 0.257 e. The van der Waals surface area contributed by atoms with Crippen LogP contribution < -0.4 is 15.4 Å². The van der Waals surface area contributed by atoms with Gasteiger partial charge in [-0.05, 0) is 55.3 Å². The average molecular weight is 500 g/mol. The number of hydrogen-bond donors (Lipinski definition) is 2. The average Bonchev–Trinajstić information content (AvgIpc) is 2.83. The van der Waals surface area contributed by atoms with E-state index in [-0.39, 0.29) is 54.9 Å². The zero-order valence-corrected chi connectivity index (χ0v) is 20.8. The van der Waals surface area contributed by atoms with Gasteiger partial charge in [-0.15, -0.1) is 0 Å². The fourth-order valence-corrected chi connectivity index (χ4v) is 4.47. The molecule has 2 aromatic carbocycles. The van der Waals surface area contributed by atoms with Crippen molar-refractivity contribution in [3.63, 3.8) is 0 Å². The lowest BCUT2D eigenvalue weighted by Crippen LogP contribution is -2.53. The number of likely N-dealkylation sites (N-methyl/N-ethyl adjacent to an activating group) is 1. The molecule has 2 heterocycles. The number of carbonyl (C=O) groups excluding carboxylic acids is 3. The fraction of sp³-hybridized carbons (Fsp3) is 0.423. The van der Waals surface area contributed by atoms with Gasteiger partial charge in [0.15, 0.2) is 0 Å². The van der Waals surface area contributed by atoms with Gasteiger partial charge in [-0.3, -0.25) is 14.4 Å². The van der Waals surface area contributed by atoms with Crippen LogP contribution in [0.3, 0.4) is 0 Å². The predicted molar refractivity (Wildman–Crippen MR) is 134 cm³/mol. The van der Waals surface area contributed by atoms with Gasteiger partial charge in [-0.1, -0.05) is 25.4 Å². The van der Waals surface area contributed by atoms with Gasteiger partial charge in [0.2, 0.25) is 11.8 Å². The number of hydrogen-bond acceptors (Lipinski definition) is 5. The lowest BCUT2D eigenvalue weighted by Gasteiger charge is -2.42. The molecule has 3 amide bonds. The first kappa shape index (κ1) is 25.0. The lowest BCUT2D eigenvalue weighted by molar-refractivity contribution is -0.130.